The Balaban J connectivity index is 1.76. The van der Waals surface area contributed by atoms with Crippen molar-refractivity contribution in [2.24, 2.45) is 11.8 Å². The quantitative estimate of drug-likeness (QED) is 0.834. The van der Waals surface area contributed by atoms with Crippen LogP contribution in [0.1, 0.15) is 43.0 Å². The van der Waals surface area contributed by atoms with E-state index >= 15 is 0 Å². The summed E-state index contributed by atoms with van der Waals surface area (Å²) in [5.41, 5.74) is 1.19. The second kappa shape index (κ2) is 7.31. The van der Waals surface area contributed by atoms with Crippen molar-refractivity contribution in [3.63, 3.8) is 0 Å². The van der Waals surface area contributed by atoms with Crippen molar-refractivity contribution in [2.75, 3.05) is 0 Å². The molecule has 2 aromatic rings. The highest BCUT2D eigenvalue weighted by Crippen LogP contribution is 2.43. The molecule has 5 heteroatoms. The lowest BCUT2D eigenvalue weighted by Crippen LogP contribution is -2.37. The summed E-state index contributed by atoms with van der Waals surface area (Å²) in [6.07, 6.45) is 0.530. The summed E-state index contributed by atoms with van der Waals surface area (Å²) in [4.78, 5) is 12.7. The number of benzene rings is 2. The zero-order valence-electron chi connectivity index (χ0n) is 14.0. The van der Waals surface area contributed by atoms with E-state index in [1.54, 1.807) is 0 Å². The van der Waals surface area contributed by atoms with Crippen molar-refractivity contribution in [1.29, 1.82) is 0 Å². The van der Waals surface area contributed by atoms with Crippen LogP contribution in [0.3, 0.4) is 0 Å². The fraction of sp³-hybridized carbons (Fsp3) is 0.350. The monoisotopic (exact) mass is 345 g/mol. The maximum atomic E-state index is 13.5. The Bertz CT molecular complexity index is 747. The summed E-state index contributed by atoms with van der Waals surface area (Å²) in [5, 5.41) is 13.5. The molecule has 0 aliphatic heterocycles. The van der Waals surface area contributed by atoms with E-state index in [9.17, 15) is 18.7 Å². The fourth-order valence-electron chi connectivity index (χ4n) is 3.11. The van der Waals surface area contributed by atoms with E-state index < -0.39 is 23.7 Å². The highest BCUT2D eigenvalue weighted by molar-refractivity contribution is 5.80. The molecule has 0 heterocycles. The van der Waals surface area contributed by atoms with Crippen molar-refractivity contribution >= 4 is 5.91 Å². The van der Waals surface area contributed by atoms with Gasteiger partial charge >= 0.3 is 0 Å². The minimum absolute atomic E-state index is 0.0612. The van der Waals surface area contributed by atoms with Crippen LogP contribution in [0.25, 0.3) is 0 Å². The number of carbonyl (C=O) groups excluding carboxylic acids is 1. The van der Waals surface area contributed by atoms with Crippen molar-refractivity contribution in [2.45, 2.75) is 31.9 Å². The molecule has 132 valence electrons. The first-order valence-corrected chi connectivity index (χ1v) is 8.45. The van der Waals surface area contributed by atoms with Crippen molar-refractivity contribution in [3.8, 4) is 0 Å². The van der Waals surface area contributed by atoms with Crippen LogP contribution in [0.15, 0.2) is 48.5 Å². The summed E-state index contributed by atoms with van der Waals surface area (Å²) in [7, 11) is 0. The number of hydrogen-bond donors (Lipinski definition) is 2. The number of halogens is 2. The van der Waals surface area contributed by atoms with E-state index in [1.165, 1.54) is 6.07 Å². The van der Waals surface area contributed by atoms with Gasteiger partial charge in [0.25, 0.3) is 0 Å². The van der Waals surface area contributed by atoms with Gasteiger partial charge in [-0.2, -0.15) is 0 Å². The third-order valence-electron chi connectivity index (χ3n) is 4.72. The van der Waals surface area contributed by atoms with E-state index in [0.717, 1.165) is 30.5 Å². The lowest BCUT2D eigenvalue weighted by atomic mass is 9.90. The molecule has 3 unspecified atom stereocenters. The van der Waals surface area contributed by atoms with E-state index in [2.05, 4.69) is 5.32 Å². The Morgan fingerprint density at radius 2 is 1.76 bits per heavy atom. The predicted octanol–water partition coefficient (Wildman–Crippen LogP) is 3.90. The first-order chi connectivity index (χ1) is 12.0. The van der Waals surface area contributed by atoms with Crippen LogP contribution in [0.5, 0.6) is 0 Å². The summed E-state index contributed by atoms with van der Waals surface area (Å²) in [6.45, 7) is 1.88. The van der Waals surface area contributed by atoms with Crippen molar-refractivity contribution in [1.82, 2.24) is 5.32 Å². The smallest absolute Gasteiger partial charge is 0.226 e. The van der Waals surface area contributed by atoms with Gasteiger partial charge in [-0.25, -0.2) is 8.78 Å². The normalized spacial score (nSPS) is 17.6. The molecular formula is C20H21F2NO2. The molecular weight excluding hydrogens is 324 g/mol. The van der Waals surface area contributed by atoms with Gasteiger partial charge in [-0.05, 0) is 48.9 Å². The largest absolute Gasteiger partial charge is 0.388 e. The zero-order chi connectivity index (χ0) is 18.0. The van der Waals surface area contributed by atoms with Crippen LogP contribution in [0.2, 0.25) is 0 Å². The SMILES string of the molecule is CC(NC(=O)C(C1CC1)C(O)c1ccc(F)c(F)c1)c1ccccc1. The van der Waals surface area contributed by atoms with Crippen molar-refractivity contribution in [3.05, 3.63) is 71.3 Å². The minimum Gasteiger partial charge on any atom is -0.388 e. The maximum Gasteiger partial charge on any atom is 0.226 e. The average Bonchev–Trinajstić information content (AvgIpc) is 3.43. The number of hydrogen-bond acceptors (Lipinski definition) is 2. The van der Waals surface area contributed by atoms with Gasteiger partial charge in [-0.1, -0.05) is 36.4 Å². The molecule has 1 fully saturated rings. The second-order valence-electron chi connectivity index (χ2n) is 6.62. The number of nitrogens with one attached hydrogen (secondary N) is 1. The van der Waals surface area contributed by atoms with Crippen LogP contribution in [-0.4, -0.2) is 11.0 Å². The molecule has 3 rings (SSSR count). The molecule has 3 atom stereocenters. The molecule has 0 radical (unpaired) electrons. The number of aliphatic hydroxyl groups excluding tert-OH is 1. The summed E-state index contributed by atoms with van der Waals surface area (Å²) in [6, 6.07) is 12.6. The molecule has 0 saturated heterocycles. The van der Waals surface area contributed by atoms with Gasteiger partial charge in [0.15, 0.2) is 11.6 Å². The predicted molar refractivity (Wildman–Crippen MR) is 90.5 cm³/mol. The van der Waals surface area contributed by atoms with Crippen LogP contribution < -0.4 is 5.32 Å². The summed E-state index contributed by atoms with van der Waals surface area (Å²) < 4.78 is 26.6. The van der Waals surface area contributed by atoms with Gasteiger partial charge < -0.3 is 10.4 Å². The maximum absolute atomic E-state index is 13.5. The Morgan fingerprint density at radius 1 is 1.08 bits per heavy atom. The van der Waals surface area contributed by atoms with Crippen LogP contribution >= 0.6 is 0 Å². The minimum atomic E-state index is -1.16. The number of amides is 1. The highest BCUT2D eigenvalue weighted by atomic mass is 19.2. The van der Waals surface area contributed by atoms with Crippen molar-refractivity contribution < 1.29 is 18.7 Å². The zero-order valence-corrected chi connectivity index (χ0v) is 14.0. The topological polar surface area (TPSA) is 49.3 Å². The average molecular weight is 345 g/mol. The second-order valence-corrected chi connectivity index (χ2v) is 6.62. The molecule has 2 N–H and O–H groups in total. The molecule has 1 aliphatic carbocycles. The standard InChI is InChI=1S/C20H21F2NO2/c1-12(13-5-3-2-4-6-13)23-20(25)18(14-7-8-14)19(24)15-9-10-16(21)17(22)11-15/h2-6,9-12,14,18-19,24H,7-8H2,1H3,(H,23,25). The molecule has 3 nitrogen and oxygen atoms in total. The molecule has 25 heavy (non-hydrogen) atoms. The van der Waals surface area contributed by atoms with Gasteiger partial charge in [0.05, 0.1) is 18.1 Å². The number of rotatable bonds is 6. The molecule has 1 aliphatic rings. The summed E-state index contributed by atoms with van der Waals surface area (Å²) in [5.74, 6) is -2.87. The Labute approximate surface area is 145 Å². The van der Waals surface area contributed by atoms with E-state index in [4.69, 9.17) is 0 Å². The lowest BCUT2D eigenvalue weighted by molar-refractivity contribution is -0.130. The van der Waals surface area contributed by atoms with Crippen LogP contribution in [0, 0.1) is 23.5 Å². The fourth-order valence-corrected chi connectivity index (χ4v) is 3.11. The number of aliphatic hydroxyl groups is 1. The highest BCUT2D eigenvalue weighted by Gasteiger charge is 2.41. The van der Waals surface area contributed by atoms with Gasteiger partial charge in [-0.15, -0.1) is 0 Å². The molecule has 0 aromatic heterocycles. The van der Waals surface area contributed by atoms with Gasteiger partial charge in [-0.3, -0.25) is 4.79 Å². The Kier molecular flexibility index (Phi) is 5.13. The molecule has 1 saturated carbocycles. The van der Waals surface area contributed by atoms with E-state index in [-0.39, 0.29) is 23.4 Å². The van der Waals surface area contributed by atoms with Crippen LogP contribution in [0.4, 0.5) is 8.78 Å². The van der Waals surface area contributed by atoms with Gasteiger partial charge in [0.1, 0.15) is 0 Å². The van der Waals surface area contributed by atoms with Gasteiger partial charge in [0, 0.05) is 0 Å². The Hall–Kier alpha value is -2.27. The van der Waals surface area contributed by atoms with Gasteiger partial charge in [0.2, 0.25) is 5.91 Å². The molecule has 2 aromatic carbocycles. The first kappa shape index (κ1) is 17.5. The molecule has 0 bridgehead atoms. The molecule has 0 spiro atoms. The Morgan fingerprint density at radius 3 is 2.36 bits per heavy atom. The first-order valence-electron chi connectivity index (χ1n) is 8.45. The third kappa shape index (κ3) is 4.04. The third-order valence-corrected chi connectivity index (χ3v) is 4.72. The lowest BCUT2D eigenvalue weighted by Gasteiger charge is -2.25. The van der Waals surface area contributed by atoms with Crippen LogP contribution in [-0.2, 0) is 4.79 Å². The van der Waals surface area contributed by atoms with E-state index in [1.807, 2.05) is 37.3 Å². The summed E-state index contributed by atoms with van der Waals surface area (Å²) >= 11 is 0. The molecule has 1 amide bonds. The van der Waals surface area contributed by atoms with E-state index in [0.29, 0.717) is 0 Å². The number of carbonyl (C=O) groups is 1.